The van der Waals surface area contributed by atoms with Crippen molar-refractivity contribution in [2.75, 3.05) is 20.8 Å². The number of aryl methyl sites for hydroxylation is 1. The van der Waals surface area contributed by atoms with Gasteiger partial charge in [0.25, 0.3) is 0 Å². The van der Waals surface area contributed by atoms with Crippen LogP contribution in [-0.4, -0.2) is 33.5 Å². The van der Waals surface area contributed by atoms with Gasteiger partial charge in [-0.25, -0.2) is 8.42 Å². The lowest BCUT2D eigenvalue weighted by molar-refractivity contribution is 0.353. The SMILES string of the molecule is CCN(Cc1ccc(OC)c(OC)c1)S(=O)(=O)c1ccc(C)cc1Cl. The van der Waals surface area contributed by atoms with Gasteiger partial charge in [0, 0.05) is 13.1 Å². The van der Waals surface area contributed by atoms with E-state index in [1.54, 1.807) is 51.5 Å². The van der Waals surface area contributed by atoms with Crippen molar-refractivity contribution < 1.29 is 17.9 Å². The van der Waals surface area contributed by atoms with Crippen LogP contribution < -0.4 is 9.47 Å². The number of methoxy groups -OCH3 is 2. The Morgan fingerprint density at radius 2 is 1.72 bits per heavy atom. The Labute approximate surface area is 154 Å². The van der Waals surface area contributed by atoms with E-state index in [2.05, 4.69) is 0 Å². The number of ether oxygens (including phenoxy) is 2. The summed E-state index contributed by atoms with van der Waals surface area (Å²) in [4.78, 5) is 0.113. The molecule has 0 unspecified atom stereocenters. The van der Waals surface area contributed by atoms with Crippen molar-refractivity contribution in [3.05, 3.63) is 52.5 Å². The van der Waals surface area contributed by atoms with Gasteiger partial charge in [0.15, 0.2) is 11.5 Å². The minimum absolute atomic E-state index is 0.113. The highest BCUT2D eigenvalue weighted by Gasteiger charge is 2.26. The first-order chi connectivity index (χ1) is 11.8. The highest BCUT2D eigenvalue weighted by atomic mass is 35.5. The van der Waals surface area contributed by atoms with E-state index < -0.39 is 10.0 Å². The number of sulfonamides is 1. The second kappa shape index (κ2) is 8.08. The third-order valence-electron chi connectivity index (χ3n) is 3.86. The predicted octanol–water partition coefficient (Wildman–Crippen LogP) is 3.88. The summed E-state index contributed by atoms with van der Waals surface area (Å²) in [6.07, 6.45) is 0. The molecular weight excluding hydrogens is 362 g/mol. The van der Waals surface area contributed by atoms with Crippen molar-refractivity contribution in [3.63, 3.8) is 0 Å². The minimum atomic E-state index is -3.70. The van der Waals surface area contributed by atoms with Gasteiger partial charge in [0.1, 0.15) is 4.90 Å². The first-order valence-electron chi connectivity index (χ1n) is 7.80. The van der Waals surface area contributed by atoms with E-state index in [9.17, 15) is 8.42 Å². The maximum atomic E-state index is 13.0. The Balaban J connectivity index is 2.36. The summed E-state index contributed by atoms with van der Waals surface area (Å²) >= 11 is 6.16. The molecule has 0 bridgehead atoms. The zero-order valence-electron chi connectivity index (χ0n) is 14.7. The summed E-state index contributed by atoms with van der Waals surface area (Å²) in [5.41, 5.74) is 1.71. The molecule has 0 aliphatic rings. The third-order valence-corrected chi connectivity index (χ3v) is 6.27. The Kier molecular flexibility index (Phi) is 6.32. The van der Waals surface area contributed by atoms with Gasteiger partial charge in [-0.15, -0.1) is 0 Å². The van der Waals surface area contributed by atoms with E-state index in [1.807, 2.05) is 13.0 Å². The van der Waals surface area contributed by atoms with E-state index in [0.29, 0.717) is 18.0 Å². The quantitative estimate of drug-likeness (QED) is 0.728. The number of rotatable bonds is 7. The molecule has 0 saturated heterocycles. The molecule has 0 saturated carbocycles. The third kappa shape index (κ3) is 4.26. The monoisotopic (exact) mass is 383 g/mol. The first kappa shape index (κ1) is 19.6. The van der Waals surface area contributed by atoms with Crippen LogP contribution in [0.5, 0.6) is 11.5 Å². The molecule has 0 heterocycles. The minimum Gasteiger partial charge on any atom is -0.493 e. The molecule has 0 spiro atoms. The summed E-state index contributed by atoms with van der Waals surface area (Å²) in [5, 5.41) is 0.228. The predicted molar refractivity (Wildman–Crippen MR) is 99.0 cm³/mol. The normalized spacial score (nSPS) is 11.6. The molecule has 0 atom stereocenters. The lowest BCUT2D eigenvalue weighted by Crippen LogP contribution is -2.30. The van der Waals surface area contributed by atoms with E-state index in [-0.39, 0.29) is 16.5 Å². The maximum Gasteiger partial charge on any atom is 0.244 e. The van der Waals surface area contributed by atoms with Gasteiger partial charge < -0.3 is 9.47 Å². The molecule has 2 aromatic rings. The molecule has 0 fully saturated rings. The van der Waals surface area contributed by atoms with Gasteiger partial charge in [0.05, 0.1) is 19.2 Å². The standard InChI is InChI=1S/C18H22ClNO4S/c1-5-20(12-14-7-8-16(23-3)17(11-14)24-4)25(21,22)18-9-6-13(2)10-15(18)19/h6-11H,5,12H2,1-4H3. The van der Waals surface area contributed by atoms with E-state index >= 15 is 0 Å². The van der Waals surface area contributed by atoms with Gasteiger partial charge >= 0.3 is 0 Å². The second-order valence-electron chi connectivity index (χ2n) is 5.55. The fourth-order valence-corrected chi connectivity index (χ4v) is 4.51. The van der Waals surface area contributed by atoms with Crippen LogP contribution in [0, 0.1) is 6.92 Å². The summed E-state index contributed by atoms with van der Waals surface area (Å²) in [5.74, 6) is 1.15. The molecule has 0 N–H and O–H groups in total. The van der Waals surface area contributed by atoms with Crippen molar-refractivity contribution in [1.29, 1.82) is 0 Å². The van der Waals surface area contributed by atoms with Crippen LogP contribution in [0.15, 0.2) is 41.3 Å². The topological polar surface area (TPSA) is 55.8 Å². The van der Waals surface area contributed by atoms with Gasteiger partial charge in [-0.2, -0.15) is 4.31 Å². The highest BCUT2D eigenvalue weighted by molar-refractivity contribution is 7.89. The molecule has 0 aliphatic carbocycles. The summed E-state index contributed by atoms with van der Waals surface area (Å²) in [6, 6.07) is 10.3. The molecule has 2 aromatic carbocycles. The lowest BCUT2D eigenvalue weighted by Gasteiger charge is -2.22. The number of nitrogens with zero attached hydrogens (tertiary/aromatic N) is 1. The van der Waals surface area contributed by atoms with Crippen molar-refractivity contribution in [1.82, 2.24) is 4.31 Å². The molecule has 25 heavy (non-hydrogen) atoms. The zero-order valence-corrected chi connectivity index (χ0v) is 16.3. The van der Waals surface area contributed by atoms with Crippen LogP contribution >= 0.6 is 11.6 Å². The fraction of sp³-hybridized carbons (Fsp3) is 0.333. The molecular formula is C18H22ClNO4S. The summed E-state index contributed by atoms with van der Waals surface area (Å²) in [6.45, 7) is 4.19. The van der Waals surface area contributed by atoms with E-state index in [0.717, 1.165) is 11.1 Å². The Morgan fingerprint density at radius 3 is 2.28 bits per heavy atom. The molecule has 7 heteroatoms. The highest BCUT2D eigenvalue weighted by Crippen LogP contribution is 2.30. The van der Waals surface area contributed by atoms with Crippen LogP contribution in [0.2, 0.25) is 5.02 Å². The smallest absolute Gasteiger partial charge is 0.244 e. The summed E-state index contributed by atoms with van der Waals surface area (Å²) < 4.78 is 37.8. The second-order valence-corrected chi connectivity index (χ2v) is 7.87. The molecule has 0 aromatic heterocycles. The Morgan fingerprint density at radius 1 is 1.04 bits per heavy atom. The van der Waals surface area contributed by atoms with Crippen molar-refractivity contribution >= 4 is 21.6 Å². The van der Waals surface area contributed by atoms with Gasteiger partial charge in [-0.1, -0.05) is 30.7 Å². The maximum absolute atomic E-state index is 13.0. The van der Waals surface area contributed by atoms with Crippen LogP contribution in [0.1, 0.15) is 18.1 Å². The van der Waals surface area contributed by atoms with Gasteiger partial charge in [-0.3, -0.25) is 0 Å². The van der Waals surface area contributed by atoms with Gasteiger partial charge in [-0.05, 0) is 42.3 Å². The van der Waals surface area contributed by atoms with Crippen molar-refractivity contribution in [3.8, 4) is 11.5 Å². The summed E-state index contributed by atoms with van der Waals surface area (Å²) in [7, 11) is -0.604. The molecule has 0 aliphatic heterocycles. The number of benzene rings is 2. The van der Waals surface area contributed by atoms with Crippen LogP contribution in [0.3, 0.4) is 0 Å². The lowest BCUT2D eigenvalue weighted by atomic mass is 10.2. The van der Waals surface area contributed by atoms with Crippen LogP contribution in [0.25, 0.3) is 0 Å². The Hall–Kier alpha value is -1.76. The largest absolute Gasteiger partial charge is 0.493 e. The van der Waals surface area contributed by atoms with Crippen LogP contribution in [0.4, 0.5) is 0 Å². The van der Waals surface area contributed by atoms with E-state index in [4.69, 9.17) is 21.1 Å². The van der Waals surface area contributed by atoms with Gasteiger partial charge in [0.2, 0.25) is 10.0 Å². The van der Waals surface area contributed by atoms with Crippen molar-refractivity contribution in [2.24, 2.45) is 0 Å². The van der Waals surface area contributed by atoms with Crippen LogP contribution in [-0.2, 0) is 16.6 Å². The Bertz CT molecular complexity index is 852. The van der Waals surface area contributed by atoms with Crippen molar-refractivity contribution in [2.45, 2.75) is 25.3 Å². The average Bonchev–Trinajstić information content (AvgIpc) is 2.58. The number of hydrogen-bond donors (Lipinski definition) is 0. The molecule has 5 nitrogen and oxygen atoms in total. The number of hydrogen-bond acceptors (Lipinski definition) is 4. The average molecular weight is 384 g/mol. The molecule has 0 amide bonds. The first-order valence-corrected chi connectivity index (χ1v) is 9.62. The van der Waals surface area contributed by atoms with E-state index in [1.165, 1.54) is 4.31 Å². The zero-order chi connectivity index (χ0) is 18.6. The fourth-order valence-electron chi connectivity index (χ4n) is 2.50. The number of halogens is 1. The molecule has 0 radical (unpaired) electrons. The molecule has 2 rings (SSSR count). The molecule has 136 valence electrons.